The molecule has 0 aliphatic heterocycles. The molecular weight excluding hydrogens is 336 g/mol. The molecule has 0 aromatic rings. The minimum absolute atomic E-state index is 0.513. The Kier molecular flexibility index (Phi) is 16.6. The molecule has 5 heteroatoms. The van der Waals surface area contributed by atoms with Crippen LogP contribution in [0.15, 0.2) is 0 Å². The lowest BCUT2D eigenvalue weighted by Gasteiger charge is -2.32. The van der Waals surface area contributed by atoms with E-state index in [0.29, 0.717) is 12.1 Å². The Balaban J connectivity index is 4.27. The average molecular weight is 387 g/mol. The van der Waals surface area contributed by atoms with Crippen LogP contribution in [0.4, 0.5) is 0 Å². The van der Waals surface area contributed by atoms with Gasteiger partial charge in [-0.1, -0.05) is 41.5 Å². The summed E-state index contributed by atoms with van der Waals surface area (Å²) in [4.78, 5) is 9.93. The summed E-state index contributed by atoms with van der Waals surface area (Å²) in [6.45, 7) is 24.2. The van der Waals surface area contributed by atoms with Crippen molar-refractivity contribution >= 4 is 0 Å². The van der Waals surface area contributed by atoms with Gasteiger partial charge in [0.25, 0.3) is 0 Å². The summed E-state index contributed by atoms with van der Waals surface area (Å²) < 4.78 is 6.19. The van der Waals surface area contributed by atoms with Gasteiger partial charge in [-0.15, -0.1) is 0 Å². The maximum atomic E-state index is 6.19. The molecular formula is C22H50N4O. The van der Waals surface area contributed by atoms with Crippen LogP contribution in [0.1, 0.15) is 54.4 Å². The van der Waals surface area contributed by atoms with Crippen LogP contribution in [0.2, 0.25) is 0 Å². The summed E-state index contributed by atoms with van der Waals surface area (Å²) >= 11 is 0. The fourth-order valence-electron chi connectivity index (χ4n) is 3.50. The highest BCUT2D eigenvalue weighted by atomic mass is 16.5. The van der Waals surface area contributed by atoms with Crippen molar-refractivity contribution in [3.8, 4) is 0 Å². The first-order chi connectivity index (χ1) is 13.0. The molecule has 0 fully saturated rings. The van der Waals surface area contributed by atoms with Gasteiger partial charge in [0.1, 0.15) is 0 Å². The summed E-state index contributed by atoms with van der Waals surface area (Å²) in [5, 5.41) is 0. The first-order valence-electron chi connectivity index (χ1n) is 11.4. The number of nitrogens with zero attached hydrogens (tertiary/aromatic N) is 4. The van der Waals surface area contributed by atoms with Crippen molar-refractivity contribution in [3.05, 3.63) is 0 Å². The van der Waals surface area contributed by atoms with Gasteiger partial charge in [-0.25, -0.2) is 0 Å². The molecule has 0 bridgehead atoms. The molecule has 0 saturated carbocycles. The van der Waals surface area contributed by atoms with E-state index in [9.17, 15) is 0 Å². The van der Waals surface area contributed by atoms with E-state index in [4.69, 9.17) is 4.74 Å². The van der Waals surface area contributed by atoms with Crippen LogP contribution in [0, 0.1) is 0 Å². The van der Waals surface area contributed by atoms with Crippen molar-refractivity contribution in [2.45, 2.75) is 66.5 Å². The predicted octanol–water partition coefficient (Wildman–Crippen LogP) is 3.11. The summed E-state index contributed by atoms with van der Waals surface area (Å²) in [7, 11) is 4.49. The number of hydrogen-bond acceptors (Lipinski definition) is 5. The molecule has 164 valence electrons. The number of ether oxygens (including phenoxy) is 1. The van der Waals surface area contributed by atoms with E-state index < -0.39 is 0 Å². The normalized spacial score (nSPS) is 14.7. The standard InChI is InChI=1S/C22H50N4O/c1-9-21(23(7)15-17-25(11-3)12-4)19-27-20-22(10-2)24(8)16-18-26(13-5)14-6/h21-22H,9-20H2,1-8H3. The zero-order valence-electron chi connectivity index (χ0n) is 19.8. The van der Waals surface area contributed by atoms with Gasteiger partial charge in [-0.3, -0.25) is 9.80 Å². The zero-order valence-corrected chi connectivity index (χ0v) is 19.8. The average Bonchev–Trinajstić information content (AvgIpc) is 2.69. The number of likely N-dealkylation sites (N-methyl/N-ethyl adjacent to an activating group) is 4. The van der Waals surface area contributed by atoms with E-state index >= 15 is 0 Å². The van der Waals surface area contributed by atoms with Crippen LogP contribution in [0.25, 0.3) is 0 Å². The van der Waals surface area contributed by atoms with Crippen LogP contribution < -0.4 is 0 Å². The minimum Gasteiger partial charge on any atom is -0.378 e. The van der Waals surface area contributed by atoms with Crippen LogP contribution in [-0.4, -0.2) is 111 Å². The molecule has 2 atom stereocenters. The second kappa shape index (κ2) is 16.7. The van der Waals surface area contributed by atoms with E-state index in [2.05, 4.69) is 75.2 Å². The third-order valence-corrected chi connectivity index (χ3v) is 6.14. The first kappa shape index (κ1) is 26.8. The van der Waals surface area contributed by atoms with Crippen molar-refractivity contribution in [1.82, 2.24) is 19.6 Å². The van der Waals surface area contributed by atoms with E-state index in [1.54, 1.807) is 0 Å². The summed E-state index contributed by atoms with van der Waals surface area (Å²) in [5.41, 5.74) is 0. The van der Waals surface area contributed by atoms with Crippen LogP contribution in [-0.2, 0) is 4.74 Å². The van der Waals surface area contributed by atoms with Crippen molar-refractivity contribution in [2.24, 2.45) is 0 Å². The molecule has 0 aromatic heterocycles. The van der Waals surface area contributed by atoms with E-state index in [1.807, 2.05) is 0 Å². The van der Waals surface area contributed by atoms with E-state index in [1.165, 1.54) is 0 Å². The molecule has 0 heterocycles. The zero-order chi connectivity index (χ0) is 20.7. The molecule has 27 heavy (non-hydrogen) atoms. The highest BCUT2D eigenvalue weighted by molar-refractivity contribution is 4.71. The smallest absolute Gasteiger partial charge is 0.0622 e. The molecule has 0 rings (SSSR count). The van der Waals surface area contributed by atoms with Crippen molar-refractivity contribution in [2.75, 3.05) is 79.7 Å². The van der Waals surface area contributed by atoms with Gasteiger partial charge in [0.2, 0.25) is 0 Å². The highest BCUT2D eigenvalue weighted by Gasteiger charge is 2.17. The van der Waals surface area contributed by atoms with Crippen molar-refractivity contribution in [1.29, 1.82) is 0 Å². The summed E-state index contributed by atoms with van der Waals surface area (Å²) in [6, 6.07) is 1.03. The lowest BCUT2D eigenvalue weighted by molar-refractivity contribution is 0.0279. The maximum absolute atomic E-state index is 6.19. The SMILES string of the molecule is CCC(COCC(CC)N(C)CCN(CC)CC)N(C)CCN(CC)CC. The molecule has 0 saturated heterocycles. The molecule has 0 aliphatic rings. The molecule has 5 nitrogen and oxygen atoms in total. The topological polar surface area (TPSA) is 22.2 Å². The van der Waals surface area contributed by atoms with Crippen molar-refractivity contribution < 1.29 is 4.74 Å². The molecule has 0 radical (unpaired) electrons. The van der Waals surface area contributed by atoms with Gasteiger partial charge in [0.15, 0.2) is 0 Å². The maximum Gasteiger partial charge on any atom is 0.0622 e. The van der Waals surface area contributed by atoms with Gasteiger partial charge in [-0.05, 0) is 53.1 Å². The third-order valence-electron chi connectivity index (χ3n) is 6.14. The molecule has 0 aromatic carbocycles. The van der Waals surface area contributed by atoms with Crippen molar-refractivity contribution in [3.63, 3.8) is 0 Å². The molecule has 0 amide bonds. The lowest BCUT2D eigenvalue weighted by atomic mass is 10.2. The molecule has 0 N–H and O–H groups in total. The number of hydrogen-bond donors (Lipinski definition) is 0. The summed E-state index contributed by atoms with van der Waals surface area (Å²) in [6.07, 6.45) is 2.28. The Hall–Kier alpha value is -0.200. The first-order valence-corrected chi connectivity index (χ1v) is 11.4. The molecule has 0 spiro atoms. The van der Waals surface area contributed by atoms with Gasteiger partial charge in [0.05, 0.1) is 13.2 Å². The van der Waals surface area contributed by atoms with Gasteiger partial charge in [0, 0.05) is 38.3 Å². The predicted molar refractivity (Wildman–Crippen MR) is 120 cm³/mol. The Morgan fingerprint density at radius 3 is 1.15 bits per heavy atom. The second-order valence-corrected chi connectivity index (χ2v) is 7.68. The highest BCUT2D eigenvalue weighted by Crippen LogP contribution is 2.07. The van der Waals surface area contributed by atoms with Gasteiger partial charge < -0.3 is 14.5 Å². The van der Waals surface area contributed by atoms with E-state index in [0.717, 1.165) is 78.4 Å². The van der Waals surface area contributed by atoms with Crippen LogP contribution in [0.3, 0.4) is 0 Å². The number of rotatable bonds is 18. The Labute approximate surface area is 171 Å². The summed E-state index contributed by atoms with van der Waals surface area (Å²) in [5.74, 6) is 0. The third kappa shape index (κ3) is 11.4. The van der Waals surface area contributed by atoms with Gasteiger partial charge >= 0.3 is 0 Å². The largest absolute Gasteiger partial charge is 0.378 e. The monoisotopic (exact) mass is 386 g/mol. The Morgan fingerprint density at radius 2 is 0.889 bits per heavy atom. The van der Waals surface area contributed by atoms with E-state index in [-0.39, 0.29) is 0 Å². The fourth-order valence-corrected chi connectivity index (χ4v) is 3.50. The molecule has 0 aliphatic carbocycles. The van der Waals surface area contributed by atoms with Crippen LogP contribution >= 0.6 is 0 Å². The molecule has 2 unspecified atom stereocenters. The Bertz CT molecular complexity index is 291. The minimum atomic E-state index is 0.513. The Morgan fingerprint density at radius 1 is 0.556 bits per heavy atom. The lowest BCUT2D eigenvalue weighted by Crippen LogP contribution is -2.43. The quantitative estimate of drug-likeness (QED) is 0.360. The van der Waals surface area contributed by atoms with Crippen LogP contribution in [0.5, 0.6) is 0 Å². The fraction of sp³-hybridized carbons (Fsp3) is 1.00. The van der Waals surface area contributed by atoms with Gasteiger partial charge in [-0.2, -0.15) is 0 Å². The second-order valence-electron chi connectivity index (χ2n) is 7.68.